The van der Waals surface area contributed by atoms with Crippen molar-refractivity contribution >= 4 is 23.6 Å². The summed E-state index contributed by atoms with van der Waals surface area (Å²) in [6, 6.07) is 5.33. The summed E-state index contributed by atoms with van der Waals surface area (Å²) in [6.07, 6.45) is 0.919. The molecule has 0 bridgehead atoms. The molecule has 4 atom stereocenters. The van der Waals surface area contributed by atoms with Gasteiger partial charge in [0.25, 0.3) is 0 Å². The fourth-order valence-corrected chi connectivity index (χ4v) is 4.55. The number of pyridine rings is 1. The van der Waals surface area contributed by atoms with Crippen LogP contribution in [-0.4, -0.2) is 44.1 Å². The van der Waals surface area contributed by atoms with E-state index in [1.165, 1.54) is 16.7 Å². The molecule has 23 heavy (non-hydrogen) atoms. The van der Waals surface area contributed by atoms with Crippen molar-refractivity contribution in [3.8, 4) is 0 Å². The van der Waals surface area contributed by atoms with Crippen molar-refractivity contribution in [3.05, 3.63) is 40.7 Å². The molecule has 1 amide bonds. The van der Waals surface area contributed by atoms with Gasteiger partial charge in [0.15, 0.2) is 0 Å². The van der Waals surface area contributed by atoms with E-state index in [1.54, 1.807) is 13.1 Å². The Balaban J connectivity index is 1.86. The molecule has 6 nitrogen and oxygen atoms in total. The van der Waals surface area contributed by atoms with E-state index in [4.69, 9.17) is 0 Å². The van der Waals surface area contributed by atoms with E-state index in [-0.39, 0.29) is 23.6 Å². The van der Waals surface area contributed by atoms with Crippen molar-refractivity contribution < 1.29 is 19.8 Å². The van der Waals surface area contributed by atoms with Gasteiger partial charge in [-0.15, -0.1) is 11.8 Å². The molecular weight excluding hydrogens is 316 g/mol. The molecule has 0 radical (unpaired) electrons. The topological polar surface area (TPSA) is 90.7 Å². The Morgan fingerprint density at radius 3 is 2.78 bits per heavy atom. The van der Waals surface area contributed by atoms with Gasteiger partial charge in [0.05, 0.1) is 23.8 Å². The van der Waals surface area contributed by atoms with Crippen LogP contribution < -0.4 is 0 Å². The Hall–Kier alpha value is -1.86. The minimum atomic E-state index is -1.10. The zero-order valence-electron chi connectivity index (χ0n) is 12.8. The quantitative estimate of drug-likeness (QED) is 0.793. The summed E-state index contributed by atoms with van der Waals surface area (Å²) in [6.45, 7) is 3.49. The summed E-state index contributed by atoms with van der Waals surface area (Å²) >= 11 is 1.41. The lowest BCUT2D eigenvalue weighted by molar-refractivity contribution is -0.163. The van der Waals surface area contributed by atoms with Gasteiger partial charge in [-0.2, -0.15) is 0 Å². The van der Waals surface area contributed by atoms with Crippen LogP contribution >= 0.6 is 11.8 Å². The minimum Gasteiger partial charge on any atom is -0.477 e. The van der Waals surface area contributed by atoms with Crippen LogP contribution in [-0.2, 0) is 15.3 Å². The van der Waals surface area contributed by atoms with Crippen LogP contribution in [0.2, 0.25) is 0 Å². The third-order valence-corrected chi connectivity index (χ3v) is 5.73. The highest BCUT2D eigenvalue weighted by atomic mass is 32.2. The van der Waals surface area contributed by atoms with Gasteiger partial charge in [-0.25, -0.2) is 4.79 Å². The number of fused-ring (bicyclic) bond motifs is 1. The number of amides is 1. The largest absolute Gasteiger partial charge is 0.477 e. The van der Waals surface area contributed by atoms with Crippen molar-refractivity contribution in [2.24, 2.45) is 11.8 Å². The first-order chi connectivity index (χ1) is 10.9. The molecule has 3 heterocycles. The van der Waals surface area contributed by atoms with E-state index in [9.17, 15) is 19.8 Å². The maximum Gasteiger partial charge on any atom is 0.353 e. The predicted molar refractivity (Wildman–Crippen MR) is 85.2 cm³/mol. The molecule has 122 valence electrons. The van der Waals surface area contributed by atoms with Gasteiger partial charge < -0.3 is 15.1 Å². The van der Waals surface area contributed by atoms with E-state index < -0.39 is 18.0 Å². The molecule has 1 aromatic heterocycles. The molecule has 0 aliphatic carbocycles. The predicted octanol–water partition coefficient (Wildman–Crippen LogP) is 1.47. The lowest BCUT2D eigenvalue weighted by atomic mass is 9.79. The Kier molecular flexibility index (Phi) is 4.16. The summed E-state index contributed by atoms with van der Waals surface area (Å²) < 4.78 is 0. The maximum absolute atomic E-state index is 12.2. The number of hydrogen-bond acceptors (Lipinski definition) is 5. The fourth-order valence-electron chi connectivity index (χ4n) is 3.35. The van der Waals surface area contributed by atoms with E-state index in [1.807, 2.05) is 25.1 Å². The molecule has 2 aliphatic rings. The van der Waals surface area contributed by atoms with Gasteiger partial charge in [-0.05, 0) is 19.1 Å². The number of aliphatic hydroxyl groups excluding tert-OH is 1. The second kappa shape index (κ2) is 5.98. The van der Waals surface area contributed by atoms with Crippen molar-refractivity contribution in [1.29, 1.82) is 0 Å². The first-order valence-corrected chi connectivity index (χ1v) is 8.43. The Labute approximate surface area is 138 Å². The van der Waals surface area contributed by atoms with Gasteiger partial charge in [-0.1, -0.05) is 13.0 Å². The normalized spacial score (nSPS) is 27.7. The minimum absolute atomic E-state index is 0.0605. The molecule has 0 saturated carbocycles. The lowest BCUT2D eigenvalue weighted by Crippen LogP contribution is -2.63. The number of rotatable bonds is 5. The summed E-state index contributed by atoms with van der Waals surface area (Å²) in [4.78, 5) is 30.1. The summed E-state index contributed by atoms with van der Waals surface area (Å²) in [5.41, 5.74) is 0.917. The van der Waals surface area contributed by atoms with E-state index in [0.717, 1.165) is 5.69 Å². The smallest absolute Gasteiger partial charge is 0.353 e. The van der Waals surface area contributed by atoms with Crippen molar-refractivity contribution in [3.63, 3.8) is 0 Å². The number of carbonyl (C=O) groups excluding carboxylic acids is 1. The highest BCUT2D eigenvalue weighted by Crippen LogP contribution is 2.50. The van der Waals surface area contributed by atoms with Crippen LogP contribution in [0.15, 0.2) is 35.0 Å². The number of aromatic nitrogens is 1. The highest BCUT2D eigenvalue weighted by molar-refractivity contribution is 8.02. The van der Waals surface area contributed by atoms with Crippen LogP contribution in [0, 0.1) is 11.8 Å². The molecule has 2 N–H and O–H groups in total. The van der Waals surface area contributed by atoms with Crippen LogP contribution in [0.5, 0.6) is 0 Å². The number of carboxylic acid groups (broad SMARTS) is 1. The van der Waals surface area contributed by atoms with Gasteiger partial charge >= 0.3 is 5.97 Å². The first kappa shape index (κ1) is 16.0. The average molecular weight is 334 g/mol. The summed E-state index contributed by atoms with van der Waals surface area (Å²) in [5.74, 6) is -1.48. The Morgan fingerprint density at radius 1 is 1.48 bits per heavy atom. The molecule has 0 spiro atoms. The molecule has 0 unspecified atom stereocenters. The fraction of sp³-hybridized carbons (Fsp3) is 0.438. The molecule has 1 aromatic rings. The molecule has 2 aliphatic heterocycles. The van der Waals surface area contributed by atoms with E-state index in [2.05, 4.69) is 4.98 Å². The number of carbonyl (C=O) groups is 2. The van der Waals surface area contributed by atoms with Crippen molar-refractivity contribution in [2.75, 3.05) is 0 Å². The zero-order chi connectivity index (χ0) is 16.7. The van der Waals surface area contributed by atoms with E-state index >= 15 is 0 Å². The van der Waals surface area contributed by atoms with Gasteiger partial charge in [0.1, 0.15) is 5.70 Å². The summed E-state index contributed by atoms with van der Waals surface area (Å²) in [5, 5.41) is 19.3. The molecular formula is C16H18N2O4S. The Bertz CT molecular complexity index is 674. The molecule has 0 aromatic carbocycles. The van der Waals surface area contributed by atoms with E-state index in [0.29, 0.717) is 10.7 Å². The van der Waals surface area contributed by atoms with Gasteiger partial charge in [-0.3, -0.25) is 9.78 Å². The zero-order valence-corrected chi connectivity index (χ0v) is 13.7. The third-order valence-electron chi connectivity index (χ3n) is 4.41. The number of carboxylic acids is 1. The molecule has 1 saturated heterocycles. The number of hydrogen-bond donors (Lipinski definition) is 2. The SMILES string of the molecule is C[C@H](O)[C@H]1C(=O)N2C(C(=O)O)=C(SCc3ccccn3)[C@H](C)[C@@H]12. The summed E-state index contributed by atoms with van der Waals surface area (Å²) in [7, 11) is 0. The van der Waals surface area contributed by atoms with Crippen LogP contribution in [0.1, 0.15) is 19.5 Å². The molecule has 3 rings (SSSR count). The second-order valence-corrected chi connectivity index (χ2v) is 6.90. The number of β-lactam (4-membered cyclic amide) rings is 1. The third kappa shape index (κ3) is 2.53. The average Bonchev–Trinajstić information content (AvgIpc) is 2.75. The van der Waals surface area contributed by atoms with Crippen molar-refractivity contribution in [1.82, 2.24) is 9.88 Å². The molecule has 1 fully saturated rings. The van der Waals surface area contributed by atoms with Crippen molar-refractivity contribution in [2.45, 2.75) is 31.7 Å². The highest BCUT2D eigenvalue weighted by Gasteiger charge is 2.59. The van der Waals surface area contributed by atoms with Gasteiger partial charge in [0.2, 0.25) is 5.91 Å². The standard InChI is InChI=1S/C16H18N2O4S/c1-8-12-11(9(2)19)15(20)18(12)13(16(21)22)14(8)23-7-10-5-3-4-6-17-10/h3-6,8-9,11-12,19H,7H2,1-2H3,(H,21,22)/t8-,9+,11-,12+/m1/s1. The molecule has 7 heteroatoms. The van der Waals surface area contributed by atoms with Crippen LogP contribution in [0.3, 0.4) is 0 Å². The monoisotopic (exact) mass is 334 g/mol. The number of aliphatic hydroxyl groups is 1. The maximum atomic E-state index is 12.2. The number of aliphatic carboxylic acids is 1. The second-order valence-electron chi connectivity index (χ2n) is 5.88. The number of thioether (sulfide) groups is 1. The Morgan fingerprint density at radius 2 is 2.22 bits per heavy atom. The lowest BCUT2D eigenvalue weighted by Gasteiger charge is -2.46. The van der Waals surface area contributed by atoms with Crippen LogP contribution in [0.25, 0.3) is 0 Å². The van der Waals surface area contributed by atoms with Gasteiger partial charge in [0, 0.05) is 22.8 Å². The van der Waals surface area contributed by atoms with Crippen LogP contribution in [0.4, 0.5) is 0 Å². The first-order valence-electron chi connectivity index (χ1n) is 7.44. The number of nitrogens with zero attached hydrogens (tertiary/aromatic N) is 2.